The lowest BCUT2D eigenvalue weighted by atomic mass is 10.1. The average molecular weight is 274 g/mol. The Morgan fingerprint density at radius 3 is 2.65 bits per heavy atom. The van der Waals surface area contributed by atoms with Crippen molar-refractivity contribution in [2.45, 2.75) is 26.7 Å². The van der Waals surface area contributed by atoms with Crippen molar-refractivity contribution < 1.29 is 9.59 Å². The minimum absolute atomic E-state index is 0.0670. The molecule has 0 fully saturated rings. The van der Waals surface area contributed by atoms with Crippen LogP contribution in [0.5, 0.6) is 0 Å². The van der Waals surface area contributed by atoms with Gasteiger partial charge in [-0.2, -0.15) is 0 Å². The molecule has 0 aliphatic carbocycles. The van der Waals surface area contributed by atoms with Crippen LogP contribution in [-0.4, -0.2) is 18.4 Å². The van der Waals surface area contributed by atoms with Gasteiger partial charge in [0, 0.05) is 13.0 Å². The lowest BCUT2D eigenvalue weighted by molar-refractivity contribution is -0.116. The van der Waals surface area contributed by atoms with Crippen molar-refractivity contribution in [3.8, 4) is 0 Å². The summed E-state index contributed by atoms with van der Waals surface area (Å²) in [7, 11) is 0. The van der Waals surface area contributed by atoms with Gasteiger partial charge in [0.1, 0.15) is 0 Å². The maximum Gasteiger partial charge on any atom is 0.253 e. The van der Waals surface area contributed by atoms with Crippen LogP contribution in [-0.2, 0) is 4.79 Å². The van der Waals surface area contributed by atoms with Crippen molar-refractivity contribution in [3.05, 3.63) is 42.5 Å². The number of carbonyl (C=O) groups is 2. The van der Waals surface area contributed by atoms with Gasteiger partial charge in [0.2, 0.25) is 5.91 Å². The van der Waals surface area contributed by atoms with Crippen LogP contribution in [0.4, 0.5) is 5.69 Å². The SMILES string of the molecule is C=CCNC(=O)c1ccccc1NC(=O)CCC(C)C. The Morgan fingerprint density at radius 2 is 2.00 bits per heavy atom. The van der Waals surface area contributed by atoms with Crippen LogP contribution in [0.1, 0.15) is 37.0 Å². The summed E-state index contributed by atoms with van der Waals surface area (Å²) in [5, 5.41) is 5.50. The van der Waals surface area contributed by atoms with E-state index in [9.17, 15) is 9.59 Å². The predicted molar refractivity (Wildman–Crippen MR) is 81.7 cm³/mol. The van der Waals surface area contributed by atoms with Crippen LogP contribution in [0.15, 0.2) is 36.9 Å². The first-order chi connectivity index (χ1) is 9.54. The largest absolute Gasteiger partial charge is 0.349 e. The van der Waals surface area contributed by atoms with Crippen molar-refractivity contribution in [3.63, 3.8) is 0 Å². The van der Waals surface area contributed by atoms with E-state index in [4.69, 9.17) is 0 Å². The van der Waals surface area contributed by atoms with Crippen molar-refractivity contribution in [1.82, 2.24) is 5.32 Å². The first kappa shape index (κ1) is 16.0. The van der Waals surface area contributed by atoms with Crippen molar-refractivity contribution >= 4 is 17.5 Å². The molecule has 1 aromatic carbocycles. The summed E-state index contributed by atoms with van der Waals surface area (Å²) in [6.07, 6.45) is 2.90. The Balaban J connectivity index is 2.72. The smallest absolute Gasteiger partial charge is 0.253 e. The topological polar surface area (TPSA) is 58.2 Å². The highest BCUT2D eigenvalue weighted by Gasteiger charge is 2.12. The number of hydrogen-bond acceptors (Lipinski definition) is 2. The molecule has 0 aromatic heterocycles. The minimum atomic E-state index is -0.218. The zero-order valence-electron chi connectivity index (χ0n) is 12.1. The second kappa shape index (κ2) is 8.15. The zero-order valence-corrected chi connectivity index (χ0v) is 12.1. The van der Waals surface area contributed by atoms with E-state index in [-0.39, 0.29) is 11.8 Å². The summed E-state index contributed by atoms with van der Waals surface area (Å²) >= 11 is 0. The summed E-state index contributed by atoms with van der Waals surface area (Å²) in [5.74, 6) is 0.194. The molecule has 2 amide bonds. The second-order valence-electron chi connectivity index (χ2n) is 5.02. The number of para-hydroxylation sites is 1. The van der Waals surface area contributed by atoms with Crippen molar-refractivity contribution in [2.75, 3.05) is 11.9 Å². The van der Waals surface area contributed by atoms with Gasteiger partial charge in [-0.1, -0.05) is 32.1 Å². The molecular weight excluding hydrogens is 252 g/mol. The van der Waals surface area contributed by atoms with Crippen molar-refractivity contribution in [2.24, 2.45) is 5.92 Å². The highest BCUT2D eigenvalue weighted by atomic mass is 16.2. The van der Waals surface area contributed by atoms with Gasteiger partial charge in [0.05, 0.1) is 11.3 Å². The second-order valence-corrected chi connectivity index (χ2v) is 5.02. The Bertz CT molecular complexity index is 481. The number of rotatable bonds is 7. The van der Waals surface area contributed by atoms with Gasteiger partial charge in [-0.3, -0.25) is 9.59 Å². The van der Waals surface area contributed by atoms with E-state index in [2.05, 4.69) is 31.1 Å². The fourth-order valence-corrected chi connectivity index (χ4v) is 1.68. The fourth-order valence-electron chi connectivity index (χ4n) is 1.68. The Kier molecular flexibility index (Phi) is 6.50. The first-order valence-electron chi connectivity index (χ1n) is 6.82. The highest BCUT2D eigenvalue weighted by molar-refractivity contribution is 6.03. The molecule has 1 rings (SSSR count). The molecular formula is C16H22N2O2. The Labute approximate surface area is 120 Å². The summed E-state index contributed by atoms with van der Waals surface area (Å²) < 4.78 is 0. The first-order valence-corrected chi connectivity index (χ1v) is 6.82. The van der Waals surface area contributed by atoms with Gasteiger partial charge in [0.25, 0.3) is 5.91 Å². The average Bonchev–Trinajstić information content (AvgIpc) is 2.43. The number of benzene rings is 1. The van der Waals surface area contributed by atoms with Gasteiger partial charge in [-0.25, -0.2) is 0 Å². The third-order valence-corrected chi connectivity index (χ3v) is 2.80. The molecule has 0 atom stereocenters. The van der Waals surface area contributed by atoms with Gasteiger partial charge < -0.3 is 10.6 Å². The van der Waals surface area contributed by atoms with Gasteiger partial charge >= 0.3 is 0 Å². The molecule has 0 unspecified atom stereocenters. The molecule has 108 valence electrons. The third kappa shape index (κ3) is 5.26. The van der Waals surface area contributed by atoms with E-state index >= 15 is 0 Å². The molecule has 0 aliphatic heterocycles. The molecule has 1 aromatic rings. The van der Waals surface area contributed by atoms with Crippen molar-refractivity contribution in [1.29, 1.82) is 0 Å². The molecule has 0 aliphatic rings. The van der Waals surface area contributed by atoms with E-state index < -0.39 is 0 Å². The standard InChI is InChI=1S/C16H22N2O2/c1-4-11-17-16(20)13-7-5-6-8-14(13)18-15(19)10-9-12(2)3/h4-8,12H,1,9-11H2,2-3H3,(H,17,20)(H,18,19). The maximum absolute atomic E-state index is 12.0. The van der Waals surface area contributed by atoms with Crippen LogP contribution < -0.4 is 10.6 Å². The minimum Gasteiger partial charge on any atom is -0.349 e. The van der Waals surface area contributed by atoms with E-state index in [0.717, 1.165) is 6.42 Å². The number of hydrogen-bond donors (Lipinski definition) is 2. The lowest BCUT2D eigenvalue weighted by Gasteiger charge is -2.11. The molecule has 2 N–H and O–H groups in total. The molecule has 0 saturated carbocycles. The monoisotopic (exact) mass is 274 g/mol. The van der Waals surface area contributed by atoms with E-state index in [0.29, 0.717) is 30.1 Å². The maximum atomic E-state index is 12.0. The third-order valence-electron chi connectivity index (χ3n) is 2.80. The lowest BCUT2D eigenvalue weighted by Crippen LogP contribution is -2.25. The number of carbonyl (C=O) groups excluding carboxylic acids is 2. The molecule has 20 heavy (non-hydrogen) atoms. The molecule has 0 heterocycles. The number of amides is 2. The van der Waals surface area contributed by atoms with Crippen LogP contribution in [0, 0.1) is 5.92 Å². The number of nitrogens with one attached hydrogen (secondary N) is 2. The van der Waals surface area contributed by atoms with Gasteiger partial charge in [-0.15, -0.1) is 6.58 Å². The number of anilines is 1. The van der Waals surface area contributed by atoms with Crippen LogP contribution >= 0.6 is 0 Å². The van der Waals surface area contributed by atoms with Crippen LogP contribution in [0.25, 0.3) is 0 Å². The van der Waals surface area contributed by atoms with Gasteiger partial charge in [-0.05, 0) is 24.5 Å². The zero-order chi connectivity index (χ0) is 15.0. The molecule has 4 heteroatoms. The Hall–Kier alpha value is -2.10. The molecule has 0 radical (unpaired) electrons. The summed E-state index contributed by atoms with van der Waals surface area (Å²) in [6, 6.07) is 6.99. The van der Waals surface area contributed by atoms with Gasteiger partial charge in [0.15, 0.2) is 0 Å². The predicted octanol–water partition coefficient (Wildman–Crippen LogP) is 2.98. The summed E-state index contributed by atoms with van der Waals surface area (Å²) in [6.45, 7) is 8.10. The normalized spacial score (nSPS) is 10.2. The fraction of sp³-hybridized carbons (Fsp3) is 0.375. The van der Waals surface area contributed by atoms with E-state index in [1.807, 2.05) is 0 Å². The highest BCUT2D eigenvalue weighted by Crippen LogP contribution is 2.16. The van der Waals surface area contributed by atoms with E-state index in [1.165, 1.54) is 0 Å². The van der Waals surface area contributed by atoms with Crippen LogP contribution in [0.2, 0.25) is 0 Å². The summed E-state index contributed by atoms with van der Waals surface area (Å²) in [5.41, 5.74) is 1.01. The molecule has 0 saturated heterocycles. The quantitative estimate of drug-likeness (QED) is 0.751. The van der Waals surface area contributed by atoms with Crippen LogP contribution in [0.3, 0.4) is 0 Å². The molecule has 0 spiro atoms. The Morgan fingerprint density at radius 1 is 1.30 bits per heavy atom. The summed E-state index contributed by atoms with van der Waals surface area (Å²) in [4.78, 5) is 23.8. The molecule has 4 nitrogen and oxygen atoms in total. The van der Waals surface area contributed by atoms with E-state index in [1.54, 1.807) is 30.3 Å². The molecule has 0 bridgehead atoms.